The van der Waals surface area contributed by atoms with Crippen molar-refractivity contribution in [3.8, 4) is 0 Å². The molecule has 1 fully saturated rings. The summed E-state index contributed by atoms with van der Waals surface area (Å²) in [6.07, 6.45) is 2.57. The number of ether oxygens (including phenoxy) is 3. The summed E-state index contributed by atoms with van der Waals surface area (Å²) in [5.74, 6) is -0.890. The number of hydrogen-bond donors (Lipinski definition) is 0. The molecule has 1 aliphatic rings. The fourth-order valence-electron chi connectivity index (χ4n) is 3.42. The van der Waals surface area contributed by atoms with Crippen LogP contribution >= 0.6 is 0 Å². The van der Waals surface area contributed by atoms with Crippen molar-refractivity contribution in [1.82, 2.24) is 4.90 Å². The number of amides is 2. The molecular weight excluding hydrogens is 362 g/mol. The van der Waals surface area contributed by atoms with Gasteiger partial charge in [0, 0.05) is 26.1 Å². The lowest BCUT2D eigenvalue weighted by Gasteiger charge is -2.25. The molecule has 2 amide bonds. The number of hydrogen-bond acceptors (Lipinski definition) is 6. The monoisotopic (exact) mass is 391 g/mol. The van der Waals surface area contributed by atoms with Crippen LogP contribution in [0.25, 0.3) is 0 Å². The number of carbonyl (C=O) groups is 3. The maximum absolute atomic E-state index is 13.2. The van der Waals surface area contributed by atoms with Gasteiger partial charge in [-0.15, -0.1) is 0 Å². The van der Waals surface area contributed by atoms with Crippen LogP contribution in [0.1, 0.15) is 37.7 Å². The van der Waals surface area contributed by atoms with Crippen LogP contribution in [0.3, 0.4) is 0 Å². The minimum absolute atomic E-state index is 0.201. The van der Waals surface area contributed by atoms with Gasteiger partial charge in [0.2, 0.25) is 5.91 Å². The first-order valence-corrected chi connectivity index (χ1v) is 9.66. The third kappa shape index (κ3) is 6.34. The highest BCUT2D eigenvalue weighted by Crippen LogP contribution is 2.25. The van der Waals surface area contributed by atoms with Crippen molar-refractivity contribution in [2.24, 2.45) is 5.92 Å². The molecule has 2 unspecified atom stereocenters. The molecule has 7 heteroatoms. The van der Waals surface area contributed by atoms with E-state index in [1.54, 1.807) is 7.11 Å². The lowest BCUT2D eigenvalue weighted by atomic mass is 9.94. The first-order chi connectivity index (χ1) is 13.6. The zero-order valence-electron chi connectivity index (χ0n) is 16.6. The van der Waals surface area contributed by atoms with Gasteiger partial charge < -0.3 is 14.2 Å². The molecule has 1 aromatic carbocycles. The Morgan fingerprint density at radius 2 is 1.89 bits per heavy atom. The Bertz CT molecular complexity index is 648. The van der Waals surface area contributed by atoms with E-state index in [1.807, 2.05) is 30.3 Å². The van der Waals surface area contributed by atoms with Crippen LogP contribution in [-0.2, 0) is 30.2 Å². The number of benzene rings is 1. The number of cyclic esters (lactones) is 1. The van der Waals surface area contributed by atoms with Crippen molar-refractivity contribution >= 4 is 18.0 Å². The van der Waals surface area contributed by atoms with Gasteiger partial charge in [0.1, 0.15) is 6.61 Å². The van der Waals surface area contributed by atoms with Crippen LogP contribution in [-0.4, -0.2) is 56.3 Å². The smallest absolute Gasteiger partial charge is 0.416 e. The molecule has 7 nitrogen and oxygen atoms in total. The summed E-state index contributed by atoms with van der Waals surface area (Å²) in [6.45, 7) is 0.741. The molecule has 0 spiro atoms. The average Bonchev–Trinajstić information content (AvgIpc) is 3.07. The predicted molar refractivity (Wildman–Crippen MR) is 103 cm³/mol. The van der Waals surface area contributed by atoms with Crippen LogP contribution in [0.5, 0.6) is 0 Å². The predicted octanol–water partition coefficient (Wildman–Crippen LogP) is 2.96. The van der Waals surface area contributed by atoms with Crippen molar-refractivity contribution in [2.75, 3.05) is 27.4 Å². The Hall–Kier alpha value is -2.41. The number of methoxy groups -OCH3 is 2. The Labute approximate surface area is 165 Å². The van der Waals surface area contributed by atoms with Gasteiger partial charge in [-0.05, 0) is 37.7 Å². The summed E-state index contributed by atoms with van der Waals surface area (Å²) in [4.78, 5) is 38.1. The number of esters is 1. The molecule has 0 aromatic heterocycles. The van der Waals surface area contributed by atoms with Gasteiger partial charge in [-0.1, -0.05) is 30.3 Å². The van der Waals surface area contributed by atoms with E-state index in [1.165, 1.54) is 12.0 Å². The van der Waals surface area contributed by atoms with E-state index in [2.05, 4.69) is 4.74 Å². The van der Waals surface area contributed by atoms with Crippen molar-refractivity contribution in [3.05, 3.63) is 35.9 Å². The van der Waals surface area contributed by atoms with E-state index >= 15 is 0 Å². The van der Waals surface area contributed by atoms with Crippen LogP contribution in [0.4, 0.5) is 4.79 Å². The normalized spacial score (nSPS) is 17.3. The maximum atomic E-state index is 13.2. The summed E-state index contributed by atoms with van der Waals surface area (Å²) in [5.41, 5.74) is 1.05. The molecule has 2 atom stereocenters. The van der Waals surface area contributed by atoms with Crippen LogP contribution in [0.2, 0.25) is 0 Å². The second kappa shape index (κ2) is 11.4. The molecule has 28 heavy (non-hydrogen) atoms. The topological polar surface area (TPSA) is 82.1 Å². The molecule has 0 saturated carbocycles. The summed E-state index contributed by atoms with van der Waals surface area (Å²) >= 11 is 0. The number of carbonyl (C=O) groups excluding carboxylic acids is 3. The van der Waals surface area contributed by atoms with E-state index < -0.39 is 6.09 Å². The van der Waals surface area contributed by atoms with E-state index in [0.29, 0.717) is 38.7 Å². The zero-order valence-corrected chi connectivity index (χ0v) is 16.6. The number of imide groups is 1. The van der Waals surface area contributed by atoms with E-state index in [-0.39, 0.29) is 36.9 Å². The van der Waals surface area contributed by atoms with Gasteiger partial charge in [-0.2, -0.15) is 0 Å². The molecule has 0 N–H and O–H groups in total. The van der Waals surface area contributed by atoms with Gasteiger partial charge in [0.25, 0.3) is 0 Å². The highest BCUT2D eigenvalue weighted by molar-refractivity contribution is 5.94. The number of rotatable bonds is 11. The van der Waals surface area contributed by atoms with Gasteiger partial charge in [0.15, 0.2) is 0 Å². The van der Waals surface area contributed by atoms with Crippen molar-refractivity contribution in [3.63, 3.8) is 0 Å². The summed E-state index contributed by atoms with van der Waals surface area (Å²) < 4.78 is 14.9. The van der Waals surface area contributed by atoms with E-state index in [0.717, 1.165) is 5.56 Å². The van der Waals surface area contributed by atoms with Crippen molar-refractivity contribution in [2.45, 2.75) is 44.6 Å². The molecule has 1 saturated heterocycles. The van der Waals surface area contributed by atoms with Gasteiger partial charge >= 0.3 is 12.1 Å². The summed E-state index contributed by atoms with van der Waals surface area (Å²) in [5, 5.41) is 0. The van der Waals surface area contributed by atoms with E-state index in [9.17, 15) is 14.4 Å². The summed E-state index contributed by atoms with van der Waals surface area (Å²) in [7, 11) is 2.96. The Kier molecular flexibility index (Phi) is 8.94. The maximum Gasteiger partial charge on any atom is 0.416 e. The number of nitrogens with zero attached hydrogens (tertiary/aromatic N) is 1. The van der Waals surface area contributed by atoms with Crippen LogP contribution < -0.4 is 0 Å². The fourth-order valence-corrected chi connectivity index (χ4v) is 3.42. The molecule has 0 radical (unpaired) electrons. The van der Waals surface area contributed by atoms with Gasteiger partial charge in [-0.25, -0.2) is 9.69 Å². The van der Waals surface area contributed by atoms with Gasteiger partial charge in [-0.3, -0.25) is 9.59 Å². The van der Waals surface area contributed by atoms with Crippen molar-refractivity contribution in [1.29, 1.82) is 0 Å². The third-order valence-corrected chi connectivity index (χ3v) is 4.92. The Balaban J connectivity index is 2.05. The molecule has 1 aromatic rings. The first-order valence-electron chi connectivity index (χ1n) is 9.66. The second-order valence-corrected chi connectivity index (χ2v) is 6.93. The minimum atomic E-state index is -0.587. The molecule has 1 aliphatic heterocycles. The Morgan fingerprint density at radius 3 is 2.57 bits per heavy atom. The summed E-state index contributed by atoms with van der Waals surface area (Å²) in [6, 6.07) is 9.41. The Morgan fingerprint density at radius 1 is 1.18 bits per heavy atom. The highest BCUT2D eigenvalue weighted by atomic mass is 16.6. The second-order valence-electron chi connectivity index (χ2n) is 6.93. The van der Waals surface area contributed by atoms with Gasteiger partial charge in [0.05, 0.1) is 13.2 Å². The van der Waals surface area contributed by atoms with Crippen molar-refractivity contribution < 1.29 is 28.6 Å². The molecule has 0 aliphatic carbocycles. The SMILES string of the molecule is COCCCC(CCCC(=O)OC)C(=O)N1C(=O)OCC1Cc1ccccc1. The third-order valence-electron chi connectivity index (χ3n) is 4.92. The van der Waals surface area contributed by atoms with Crippen LogP contribution in [0, 0.1) is 5.92 Å². The highest BCUT2D eigenvalue weighted by Gasteiger charge is 2.40. The average molecular weight is 391 g/mol. The molecular formula is C21H29NO6. The quantitative estimate of drug-likeness (QED) is 0.426. The molecule has 0 bridgehead atoms. The molecule has 2 rings (SSSR count). The van der Waals surface area contributed by atoms with E-state index in [4.69, 9.17) is 9.47 Å². The zero-order chi connectivity index (χ0) is 20.4. The lowest BCUT2D eigenvalue weighted by Crippen LogP contribution is -2.43. The standard InChI is InChI=1S/C21H29NO6/c1-26-13-7-11-17(10-6-12-19(23)27-2)20(24)22-18(15-28-21(22)25)14-16-8-4-3-5-9-16/h3-5,8-9,17-18H,6-7,10-15H2,1-2H3. The minimum Gasteiger partial charge on any atom is -0.469 e. The lowest BCUT2D eigenvalue weighted by molar-refractivity contribution is -0.141. The molecule has 154 valence electrons. The van der Waals surface area contributed by atoms with Crippen LogP contribution in [0.15, 0.2) is 30.3 Å². The largest absolute Gasteiger partial charge is 0.469 e. The molecule has 1 heterocycles. The first kappa shape index (κ1) is 21.9. The fraction of sp³-hybridized carbons (Fsp3) is 0.571.